The van der Waals surface area contributed by atoms with Crippen molar-refractivity contribution >= 4 is 12.6 Å². The molecule has 2 aliphatic heterocycles. The second-order valence-electron chi connectivity index (χ2n) is 4.14. The fourth-order valence-corrected chi connectivity index (χ4v) is 3.35. The van der Waals surface area contributed by atoms with E-state index < -0.39 is 0 Å². The Kier molecular flexibility index (Phi) is 1.92. The number of nitrogens with zero attached hydrogens (tertiary/aromatic N) is 1. The second kappa shape index (κ2) is 2.67. The predicted octanol–water partition coefficient (Wildman–Crippen LogP) is 1.93. The third-order valence-corrected chi connectivity index (χ3v) is 3.71. The Morgan fingerprint density at radius 1 is 1.36 bits per heavy atom. The van der Waals surface area contributed by atoms with Gasteiger partial charge < -0.3 is 0 Å². The molecule has 0 aromatic heterocycles. The Bertz CT molecular complexity index is 158. The summed E-state index contributed by atoms with van der Waals surface area (Å²) < 4.78 is 0. The minimum Gasteiger partial charge on any atom is -0.294 e. The van der Waals surface area contributed by atoms with Gasteiger partial charge in [-0.1, -0.05) is 0 Å². The first-order valence-corrected chi connectivity index (χ1v) is 5.17. The Morgan fingerprint density at radius 2 is 2.09 bits per heavy atom. The Balaban J connectivity index is 2.13. The van der Waals surface area contributed by atoms with Gasteiger partial charge in [0, 0.05) is 23.4 Å². The molecule has 0 spiro atoms. The summed E-state index contributed by atoms with van der Waals surface area (Å²) in [6.07, 6.45) is 4.13. The van der Waals surface area contributed by atoms with E-state index in [1.165, 1.54) is 19.3 Å². The lowest BCUT2D eigenvalue weighted by atomic mass is 10.0. The molecule has 1 nitrogen and oxygen atoms in total. The maximum Gasteiger partial charge on any atom is 0.0219 e. The van der Waals surface area contributed by atoms with E-state index in [4.69, 9.17) is 0 Å². The largest absolute Gasteiger partial charge is 0.294 e. The summed E-state index contributed by atoms with van der Waals surface area (Å²) in [5.41, 5.74) is 0. The summed E-state index contributed by atoms with van der Waals surface area (Å²) in [6.45, 7) is 4.61. The highest BCUT2D eigenvalue weighted by molar-refractivity contribution is 7.81. The Morgan fingerprint density at radius 3 is 2.36 bits per heavy atom. The molecule has 0 radical (unpaired) electrons. The fraction of sp³-hybridized carbons (Fsp3) is 1.00. The van der Waals surface area contributed by atoms with Crippen molar-refractivity contribution in [3.8, 4) is 0 Å². The maximum atomic E-state index is 4.61. The number of hydrogen-bond donors (Lipinski definition) is 1. The first kappa shape index (κ1) is 7.93. The first-order valence-electron chi connectivity index (χ1n) is 4.65. The summed E-state index contributed by atoms with van der Waals surface area (Å²) in [6, 6.07) is 2.38. The average molecular weight is 171 g/mol. The molecule has 3 atom stereocenters. The van der Waals surface area contributed by atoms with E-state index in [9.17, 15) is 0 Å². The van der Waals surface area contributed by atoms with Gasteiger partial charge in [-0.15, -0.1) is 0 Å². The molecule has 64 valence electrons. The number of hydrogen-bond acceptors (Lipinski definition) is 2. The summed E-state index contributed by atoms with van der Waals surface area (Å²) in [5.74, 6) is 0. The van der Waals surface area contributed by atoms with Crippen LogP contribution in [-0.4, -0.2) is 28.3 Å². The molecule has 0 aromatic rings. The van der Waals surface area contributed by atoms with Crippen LogP contribution in [0.5, 0.6) is 0 Å². The third kappa shape index (κ3) is 1.11. The molecule has 11 heavy (non-hydrogen) atoms. The van der Waals surface area contributed by atoms with Crippen LogP contribution >= 0.6 is 12.6 Å². The van der Waals surface area contributed by atoms with E-state index >= 15 is 0 Å². The Labute approximate surface area is 74.6 Å². The van der Waals surface area contributed by atoms with Gasteiger partial charge in [0.2, 0.25) is 0 Å². The van der Waals surface area contributed by atoms with Crippen LogP contribution in [0.4, 0.5) is 0 Å². The van der Waals surface area contributed by atoms with Gasteiger partial charge in [-0.25, -0.2) is 0 Å². The van der Waals surface area contributed by atoms with E-state index in [1.54, 1.807) is 0 Å². The summed E-state index contributed by atoms with van der Waals surface area (Å²) in [5, 5.41) is 0.663. The average Bonchev–Trinajstić information content (AvgIpc) is 2.41. The maximum absolute atomic E-state index is 4.61. The van der Waals surface area contributed by atoms with Crippen molar-refractivity contribution < 1.29 is 0 Å². The molecule has 2 saturated heterocycles. The molecule has 2 bridgehead atoms. The van der Waals surface area contributed by atoms with Crippen molar-refractivity contribution in [1.29, 1.82) is 0 Å². The molecule has 0 amide bonds. The van der Waals surface area contributed by atoms with Gasteiger partial charge in [-0.05, 0) is 33.1 Å². The Hall–Kier alpha value is 0.310. The van der Waals surface area contributed by atoms with Crippen molar-refractivity contribution in [3.63, 3.8) is 0 Å². The second-order valence-corrected chi connectivity index (χ2v) is 4.81. The van der Waals surface area contributed by atoms with E-state index in [-0.39, 0.29) is 0 Å². The van der Waals surface area contributed by atoms with Crippen LogP contribution in [0.2, 0.25) is 0 Å². The molecule has 3 unspecified atom stereocenters. The number of thiol groups is 1. The van der Waals surface area contributed by atoms with E-state index in [0.717, 1.165) is 18.1 Å². The monoisotopic (exact) mass is 171 g/mol. The molecule has 2 aliphatic rings. The van der Waals surface area contributed by atoms with Crippen LogP contribution in [0.1, 0.15) is 33.1 Å². The third-order valence-electron chi connectivity index (χ3n) is 3.15. The molecule has 0 saturated carbocycles. The minimum absolute atomic E-state index is 0.663. The van der Waals surface area contributed by atoms with Crippen LogP contribution in [0.25, 0.3) is 0 Å². The fourth-order valence-electron chi connectivity index (χ4n) is 2.80. The number of rotatable bonds is 1. The van der Waals surface area contributed by atoms with Crippen LogP contribution in [0.3, 0.4) is 0 Å². The smallest absolute Gasteiger partial charge is 0.0219 e. The van der Waals surface area contributed by atoms with Gasteiger partial charge in [-0.2, -0.15) is 12.6 Å². The van der Waals surface area contributed by atoms with Gasteiger partial charge in [0.05, 0.1) is 0 Å². The lowest BCUT2D eigenvalue weighted by Crippen LogP contribution is -2.36. The van der Waals surface area contributed by atoms with Crippen molar-refractivity contribution in [2.24, 2.45) is 0 Å². The van der Waals surface area contributed by atoms with Crippen molar-refractivity contribution in [2.45, 2.75) is 56.5 Å². The van der Waals surface area contributed by atoms with E-state index in [2.05, 4.69) is 31.4 Å². The highest BCUT2D eigenvalue weighted by Gasteiger charge is 2.45. The lowest BCUT2D eigenvalue weighted by Gasteiger charge is -2.26. The van der Waals surface area contributed by atoms with Crippen LogP contribution < -0.4 is 0 Å². The standard InChI is InChI=1S/C9H17NS/c1-6(2)10-7-3-4-8(10)9(11)5-7/h6-9,11H,3-5H2,1-2H3. The molecular formula is C9H17NS. The van der Waals surface area contributed by atoms with Crippen molar-refractivity contribution in [2.75, 3.05) is 0 Å². The van der Waals surface area contributed by atoms with Gasteiger partial charge in [0.25, 0.3) is 0 Å². The lowest BCUT2D eigenvalue weighted by molar-refractivity contribution is 0.202. The van der Waals surface area contributed by atoms with E-state index in [0.29, 0.717) is 5.25 Å². The minimum atomic E-state index is 0.663. The SMILES string of the molecule is CC(C)N1C2CCC1C(S)C2. The quantitative estimate of drug-likeness (QED) is 0.590. The summed E-state index contributed by atoms with van der Waals surface area (Å²) in [7, 11) is 0. The molecular weight excluding hydrogens is 154 g/mol. The van der Waals surface area contributed by atoms with Gasteiger partial charge in [0.1, 0.15) is 0 Å². The van der Waals surface area contributed by atoms with E-state index in [1.807, 2.05) is 0 Å². The molecule has 2 rings (SSSR count). The number of fused-ring (bicyclic) bond motifs is 2. The molecule has 0 N–H and O–H groups in total. The highest BCUT2D eigenvalue weighted by atomic mass is 32.1. The van der Waals surface area contributed by atoms with Crippen molar-refractivity contribution in [3.05, 3.63) is 0 Å². The highest BCUT2D eigenvalue weighted by Crippen LogP contribution is 2.41. The van der Waals surface area contributed by atoms with Crippen LogP contribution in [0.15, 0.2) is 0 Å². The topological polar surface area (TPSA) is 3.24 Å². The van der Waals surface area contributed by atoms with Crippen LogP contribution in [-0.2, 0) is 0 Å². The van der Waals surface area contributed by atoms with Gasteiger partial charge in [-0.3, -0.25) is 4.90 Å². The molecule has 2 heteroatoms. The summed E-state index contributed by atoms with van der Waals surface area (Å²) >= 11 is 4.61. The molecule has 0 aliphatic carbocycles. The van der Waals surface area contributed by atoms with Crippen molar-refractivity contribution in [1.82, 2.24) is 4.90 Å². The van der Waals surface area contributed by atoms with Gasteiger partial charge in [0.15, 0.2) is 0 Å². The zero-order valence-electron chi connectivity index (χ0n) is 7.33. The molecule has 2 fully saturated rings. The predicted molar refractivity (Wildman–Crippen MR) is 51.2 cm³/mol. The normalized spacial score (nSPS) is 44.2. The zero-order valence-corrected chi connectivity index (χ0v) is 8.22. The van der Waals surface area contributed by atoms with Crippen LogP contribution in [0, 0.1) is 0 Å². The molecule has 0 aromatic carbocycles. The molecule has 2 heterocycles. The van der Waals surface area contributed by atoms with Gasteiger partial charge >= 0.3 is 0 Å². The summed E-state index contributed by atoms with van der Waals surface area (Å²) in [4.78, 5) is 2.66. The first-order chi connectivity index (χ1) is 5.20. The zero-order chi connectivity index (χ0) is 8.01.